The van der Waals surface area contributed by atoms with Crippen LogP contribution in [-0.2, 0) is 14.8 Å². The zero-order valence-electron chi connectivity index (χ0n) is 13.7. The summed E-state index contributed by atoms with van der Waals surface area (Å²) in [6, 6.07) is 7.11. The summed E-state index contributed by atoms with van der Waals surface area (Å²) in [5.74, 6) is -0.922. The lowest BCUT2D eigenvalue weighted by molar-refractivity contribution is -0.117. The largest absolute Gasteiger partial charge is 0.497 e. The van der Waals surface area contributed by atoms with Crippen LogP contribution in [0, 0.1) is 0 Å². The van der Waals surface area contributed by atoms with Crippen molar-refractivity contribution >= 4 is 27.6 Å². The highest BCUT2D eigenvalue weighted by Gasteiger charge is 2.34. The van der Waals surface area contributed by atoms with E-state index in [1.165, 1.54) is 12.0 Å². The van der Waals surface area contributed by atoms with Crippen molar-refractivity contribution in [1.29, 1.82) is 0 Å². The molecule has 1 unspecified atom stereocenters. The third-order valence-electron chi connectivity index (χ3n) is 3.89. The normalized spacial score (nSPS) is 17.5. The van der Waals surface area contributed by atoms with Gasteiger partial charge in [0.05, 0.1) is 7.11 Å². The molecular formula is C15H16N4O6S. The van der Waals surface area contributed by atoms with E-state index in [1.807, 2.05) is 0 Å². The first-order chi connectivity index (χ1) is 12.3. The Hall–Kier alpha value is -2.92. The SMILES string of the molecule is COc1ccc(N2CC(NS(=O)(=O)c3cc(C(=O)O)n[nH]3)CC2=O)cc1. The smallest absolute Gasteiger partial charge is 0.356 e. The number of aromatic amines is 1. The van der Waals surface area contributed by atoms with Crippen molar-refractivity contribution in [2.75, 3.05) is 18.6 Å². The van der Waals surface area contributed by atoms with Gasteiger partial charge in [0.1, 0.15) is 5.75 Å². The van der Waals surface area contributed by atoms with Gasteiger partial charge in [0.2, 0.25) is 5.91 Å². The van der Waals surface area contributed by atoms with Crippen molar-refractivity contribution in [3.05, 3.63) is 36.0 Å². The third-order valence-corrected chi connectivity index (χ3v) is 5.33. The molecule has 0 radical (unpaired) electrons. The highest BCUT2D eigenvalue weighted by atomic mass is 32.2. The molecule has 3 rings (SSSR count). The summed E-state index contributed by atoms with van der Waals surface area (Å²) in [6.07, 6.45) is -0.00875. The average Bonchev–Trinajstić information content (AvgIpc) is 3.22. The minimum atomic E-state index is -4.03. The van der Waals surface area contributed by atoms with E-state index in [4.69, 9.17) is 9.84 Å². The Balaban J connectivity index is 1.72. The van der Waals surface area contributed by atoms with Gasteiger partial charge in [-0.1, -0.05) is 0 Å². The highest BCUT2D eigenvalue weighted by Crippen LogP contribution is 2.24. The molecule has 0 bridgehead atoms. The molecule has 0 saturated carbocycles. The lowest BCUT2D eigenvalue weighted by Crippen LogP contribution is -2.37. The number of carboxylic acid groups (broad SMARTS) is 1. The van der Waals surface area contributed by atoms with Crippen molar-refractivity contribution in [3.8, 4) is 5.75 Å². The number of anilines is 1. The van der Waals surface area contributed by atoms with Crippen molar-refractivity contribution in [2.24, 2.45) is 0 Å². The zero-order valence-corrected chi connectivity index (χ0v) is 14.5. The Morgan fingerprint density at radius 3 is 2.65 bits per heavy atom. The topological polar surface area (TPSA) is 142 Å². The van der Waals surface area contributed by atoms with E-state index in [0.29, 0.717) is 11.4 Å². The van der Waals surface area contributed by atoms with Crippen LogP contribution in [0.3, 0.4) is 0 Å². The van der Waals surface area contributed by atoms with Crippen molar-refractivity contribution in [1.82, 2.24) is 14.9 Å². The molecule has 10 nitrogen and oxygen atoms in total. The number of nitrogens with zero attached hydrogens (tertiary/aromatic N) is 2. The molecule has 1 saturated heterocycles. The Bertz CT molecular complexity index is 937. The molecule has 138 valence electrons. The highest BCUT2D eigenvalue weighted by molar-refractivity contribution is 7.89. The van der Waals surface area contributed by atoms with Crippen LogP contribution in [0.2, 0.25) is 0 Å². The molecule has 1 aliphatic heterocycles. The molecular weight excluding hydrogens is 364 g/mol. The molecule has 1 fully saturated rings. The summed E-state index contributed by atoms with van der Waals surface area (Å²) in [4.78, 5) is 24.5. The van der Waals surface area contributed by atoms with Crippen LogP contribution in [0.15, 0.2) is 35.4 Å². The number of carboxylic acids is 1. The average molecular weight is 380 g/mol. The summed E-state index contributed by atoms with van der Waals surface area (Å²) in [5.41, 5.74) is 0.222. The molecule has 3 N–H and O–H groups in total. The van der Waals surface area contributed by atoms with Crippen LogP contribution in [0.4, 0.5) is 5.69 Å². The first kappa shape index (κ1) is 17.9. The fourth-order valence-corrected chi connectivity index (χ4v) is 3.79. The second-order valence-corrected chi connectivity index (χ2v) is 7.33. The maximum atomic E-state index is 12.3. The van der Waals surface area contributed by atoms with Crippen LogP contribution in [-0.4, -0.2) is 55.3 Å². The molecule has 0 spiro atoms. The van der Waals surface area contributed by atoms with E-state index >= 15 is 0 Å². The van der Waals surface area contributed by atoms with Gasteiger partial charge in [-0.25, -0.2) is 17.9 Å². The number of ether oxygens (including phenoxy) is 1. The van der Waals surface area contributed by atoms with Crippen LogP contribution >= 0.6 is 0 Å². The zero-order chi connectivity index (χ0) is 18.9. The molecule has 0 aliphatic carbocycles. The summed E-state index contributed by atoms with van der Waals surface area (Å²) >= 11 is 0. The molecule has 1 aromatic carbocycles. The van der Waals surface area contributed by atoms with Gasteiger partial charge in [-0.3, -0.25) is 9.89 Å². The minimum Gasteiger partial charge on any atom is -0.497 e. The first-order valence-corrected chi connectivity index (χ1v) is 9.04. The third kappa shape index (κ3) is 3.53. The number of nitrogens with one attached hydrogen (secondary N) is 2. The number of aromatic nitrogens is 2. The van der Waals surface area contributed by atoms with E-state index in [0.717, 1.165) is 6.07 Å². The van der Waals surface area contributed by atoms with E-state index in [2.05, 4.69) is 14.9 Å². The second-order valence-electron chi connectivity index (χ2n) is 5.65. The fourth-order valence-electron chi connectivity index (χ4n) is 2.63. The monoisotopic (exact) mass is 380 g/mol. The number of carbonyl (C=O) groups excluding carboxylic acids is 1. The van der Waals surface area contributed by atoms with E-state index in [9.17, 15) is 18.0 Å². The number of carbonyl (C=O) groups is 2. The van der Waals surface area contributed by atoms with E-state index < -0.39 is 27.7 Å². The maximum Gasteiger partial charge on any atom is 0.356 e. The summed E-state index contributed by atoms with van der Waals surface area (Å²) in [7, 11) is -2.49. The predicted molar refractivity (Wildman–Crippen MR) is 89.6 cm³/mol. The number of H-pyrrole nitrogens is 1. The van der Waals surface area contributed by atoms with Gasteiger partial charge in [-0.15, -0.1) is 0 Å². The van der Waals surface area contributed by atoms with Crippen molar-refractivity contribution in [2.45, 2.75) is 17.5 Å². The summed E-state index contributed by atoms with van der Waals surface area (Å²) in [5, 5.41) is 14.0. The molecule has 1 aliphatic rings. The van der Waals surface area contributed by atoms with Crippen LogP contribution in [0.5, 0.6) is 5.75 Å². The molecule has 2 heterocycles. The molecule has 1 atom stereocenters. The lowest BCUT2D eigenvalue weighted by atomic mass is 10.3. The number of aromatic carboxylic acids is 1. The number of sulfonamides is 1. The molecule has 1 amide bonds. The van der Waals surface area contributed by atoms with Gasteiger partial charge < -0.3 is 14.7 Å². The number of hydrogen-bond donors (Lipinski definition) is 3. The number of rotatable bonds is 6. The van der Waals surface area contributed by atoms with Gasteiger partial charge in [0, 0.05) is 30.8 Å². The Kier molecular flexibility index (Phi) is 4.66. The molecule has 2 aromatic rings. The molecule has 26 heavy (non-hydrogen) atoms. The van der Waals surface area contributed by atoms with Gasteiger partial charge >= 0.3 is 5.97 Å². The quantitative estimate of drug-likeness (QED) is 0.650. The minimum absolute atomic E-state index is 0.00875. The van der Waals surface area contributed by atoms with Gasteiger partial charge in [-0.2, -0.15) is 5.10 Å². The van der Waals surface area contributed by atoms with Crippen LogP contribution in [0.1, 0.15) is 16.9 Å². The van der Waals surface area contributed by atoms with Crippen LogP contribution < -0.4 is 14.4 Å². The number of methoxy groups -OCH3 is 1. The Labute approximate surface area is 148 Å². The van der Waals surface area contributed by atoms with Gasteiger partial charge in [-0.05, 0) is 24.3 Å². The van der Waals surface area contributed by atoms with Gasteiger partial charge in [0.15, 0.2) is 10.7 Å². The number of hydrogen-bond acceptors (Lipinski definition) is 6. The van der Waals surface area contributed by atoms with Crippen molar-refractivity contribution in [3.63, 3.8) is 0 Å². The molecule has 11 heteroatoms. The van der Waals surface area contributed by atoms with Crippen LogP contribution in [0.25, 0.3) is 0 Å². The Morgan fingerprint density at radius 2 is 2.08 bits per heavy atom. The standard InChI is InChI=1S/C15H16N4O6S/c1-25-11-4-2-10(3-5-11)19-8-9(6-14(19)20)18-26(23,24)13-7-12(15(21)22)16-17-13/h2-5,7,9,18H,6,8H2,1H3,(H,16,17)(H,21,22). The number of benzene rings is 1. The summed E-state index contributed by atoms with van der Waals surface area (Å²) in [6.45, 7) is 0.157. The summed E-state index contributed by atoms with van der Waals surface area (Å²) < 4.78 is 32.1. The second kappa shape index (κ2) is 6.77. The molecule has 1 aromatic heterocycles. The maximum absolute atomic E-state index is 12.3. The van der Waals surface area contributed by atoms with Crippen molar-refractivity contribution < 1.29 is 27.9 Å². The predicted octanol–water partition coefficient (Wildman–Crippen LogP) is 0.200. The Morgan fingerprint density at radius 1 is 1.38 bits per heavy atom. The fraction of sp³-hybridized carbons (Fsp3) is 0.267. The number of amides is 1. The first-order valence-electron chi connectivity index (χ1n) is 7.55. The van der Waals surface area contributed by atoms with E-state index in [-0.39, 0.29) is 23.9 Å². The van der Waals surface area contributed by atoms with E-state index in [1.54, 1.807) is 24.3 Å². The lowest BCUT2D eigenvalue weighted by Gasteiger charge is -2.17. The van der Waals surface area contributed by atoms with Gasteiger partial charge in [0.25, 0.3) is 10.0 Å².